The minimum absolute atomic E-state index is 1.05. The van der Waals surface area contributed by atoms with Crippen LogP contribution >= 0.6 is 0 Å². The summed E-state index contributed by atoms with van der Waals surface area (Å²) in [5.41, 5.74) is 4.76. The number of rotatable bonds is 7. The molecule has 1 aromatic carbocycles. The Kier molecular flexibility index (Phi) is 6.22. The van der Waals surface area contributed by atoms with Gasteiger partial charge >= 0.3 is 0 Å². The van der Waals surface area contributed by atoms with Crippen LogP contribution in [0.5, 0.6) is 0 Å². The summed E-state index contributed by atoms with van der Waals surface area (Å²) in [4.78, 5) is 0. The monoisotopic (exact) mass is 217 g/mol. The molecular formula is C16H25. The highest BCUT2D eigenvalue weighted by Gasteiger charge is 2.06. The summed E-state index contributed by atoms with van der Waals surface area (Å²) >= 11 is 0. The molecule has 0 spiro atoms. The second-order valence-electron chi connectivity index (χ2n) is 4.51. The van der Waals surface area contributed by atoms with E-state index in [0.29, 0.717) is 0 Å². The molecule has 0 aromatic heterocycles. The molecule has 0 N–H and O–H groups in total. The largest absolute Gasteiger partial charge is 0.0651 e. The Balaban J connectivity index is 2.92. The predicted molar refractivity (Wildman–Crippen MR) is 72.7 cm³/mol. The van der Waals surface area contributed by atoms with E-state index < -0.39 is 0 Å². The van der Waals surface area contributed by atoms with Gasteiger partial charge in [0.2, 0.25) is 0 Å². The van der Waals surface area contributed by atoms with Crippen molar-refractivity contribution in [3.8, 4) is 0 Å². The molecule has 0 heterocycles. The van der Waals surface area contributed by atoms with Crippen LogP contribution in [-0.2, 0) is 19.3 Å². The van der Waals surface area contributed by atoms with Crippen LogP contribution < -0.4 is 0 Å². The van der Waals surface area contributed by atoms with Gasteiger partial charge in [-0.25, -0.2) is 0 Å². The Bertz CT molecular complexity index is 275. The van der Waals surface area contributed by atoms with Crippen LogP contribution in [-0.4, -0.2) is 0 Å². The molecule has 0 heteroatoms. The molecule has 16 heavy (non-hydrogen) atoms. The molecule has 1 aromatic rings. The van der Waals surface area contributed by atoms with Crippen molar-refractivity contribution in [2.75, 3.05) is 0 Å². The maximum absolute atomic E-state index is 3.95. The van der Waals surface area contributed by atoms with E-state index >= 15 is 0 Å². The lowest BCUT2D eigenvalue weighted by molar-refractivity contribution is 0.792. The van der Waals surface area contributed by atoms with Crippen LogP contribution in [0.4, 0.5) is 0 Å². The van der Waals surface area contributed by atoms with E-state index in [0.717, 1.165) is 6.42 Å². The summed E-state index contributed by atoms with van der Waals surface area (Å²) < 4.78 is 0. The molecule has 0 saturated heterocycles. The van der Waals surface area contributed by atoms with E-state index in [1.165, 1.54) is 38.5 Å². The number of hydrogen-bond acceptors (Lipinski definition) is 0. The highest BCUT2D eigenvalue weighted by Crippen LogP contribution is 2.20. The third-order valence-corrected chi connectivity index (χ3v) is 3.09. The molecule has 0 aliphatic carbocycles. The summed E-state index contributed by atoms with van der Waals surface area (Å²) in [5, 5.41) is 0. The van der Waals surface area contributed by atoms with E-state index in [1.54, 1.807) is 16.7 Å². The molecule has 0 atom stereocenters. The van der Waals surface area contributed by atoms with Gasteiger partial charge in [-0.2, -0.15) is 0 Å². The van der Waals surface area contributed by atoms with E-state index in [4.69, 9.17) is 0 Å². The first-order valence-electron chi connectivity index (χ1n) is 6.72. The van der Waals surface area contributed by atoms with Gasteiger partial charge in [0.05, 0.1) is 0 Å². The average Bonchev–Trinajstić information content (AvgIpc) is 2.29. The van der Waals surface area contributed by atoms with Crippen LogP contribution in [0.15, 0.2) is 18.2 Å². The first-order valence-corrected chi connectivity index (χ1v) is 6.72. The zero-order valence-corrected chi connectivity index (χ0v) is 10.9. The van der Waals surface area contributed by atoms with Crippen molar-refractivity contribution in [3.63, 3.8) is 0 Å². The average molecular weight is 217 g/mol. The van der Waals surface area contributed by atoms with Gasteiger partial charge in [0, 0.05) is 0 Å². The lowest BCUT2D eigenvalue weighted by atomic mass is 9.92. The Hall–Kier alpha value is -0.780. The molecule has 0 fully saturated rings. The van der Waals surface area contributed by atoms with Gasteiger partial charge < -0.3 is 0 Å². The third kappa shape index (κ3) is 3.66. The van der Waals surface area contributed by atoms with Crippen molar-refractivity contribution in [1.82, 2.24) is 0 Å². The maximum Gasteiger partial charge on any atom is -0.0273 e. The second-order valence-corrected chi connectivity index (χ2v) is 4.51. The van der Waals surface area contributed by atoms with Crippen LogP contribution in [0, 0.1) is 6.92 Å². The minimum atomic E-state index is 1.05. The number of unbranched alkanes of at least 4 members (excludes halogenated alkanes) is 1. The third-order valence-electron chi connectivity index (χ3n) is 3.09. The SMILES string of the molecule is [CH2]CCCc1c(CCC)cccc1CCC. The van der Waals surface area contributed by atoms with Gasteiger partial charge in [0.1, 0.15) is 0 Å². The summed E-state index contributed by atoms with van der Waals surface area (Å²) in [6.07, 6.45) is 8.42. The minimum Gasteiger partial charge on any atom is -0.0651 e. The molecule has 1 rings (SSSR count). The fraction of sp³-hybridized carbons (Fsp3) is 0.562. The Morgan fingerprint density at radius 3 is 1.94 bits per heavy atom. The molecular weight excluding hydrogens is 192 g/mol. The summed E-state index contributed by atoms with van der Waals surface area (Å²) in [7, 11) is 0. The van der Waals surface area contributed by atoms with Crippen molar-refractivity contribution < 1.29 is 0 Å². The summed E-state index contributed by atoms with van der Waals surface area (Å²) in [6, 6.07) is 6.84. The quantitative estimate of drug-likeness (QED) is 0.618. The molecule has 89 valence electrons. The molecule has 0 bridgehead atoms. The van der Waals surface area contributed by atoms with Gasteiger partial charge in [-0.3, -0.25) is 0 Å². The highest BCUT2D eigenvalue weighted by atomic mass is 14.1. The van der Waals surface area contributed by atoms with E-state index in [2.05, 4.69) is 39.0 Å². The Labute approximate surface area is 101 Å². The van der Waals surface area contributed by atoms with E-state index in [9.17, 15) is 0 Å². The Morgan fingerprint density at radius 2 is 1.50 bits per heavy atom. The zero-order valence-electron chi connectivity index (χ0n) is 10.9. The van der Waals surface area contributed by atoms with Crippen LogP contribution in [0.3, 0.4) is 0 Å². The fourth-order valence-corrected chi connectivity index (χ4v) is 2.32. The number of benzene rings is 1. The molecule has 0 unspecified atom stereocenters. The van der Waals surface area contributed by atoms with Crippen molar-refractivity contribution in [2.24, 2.45) is 0 Å². The number of hydrogen-bond donors (Lipinski definition) is 0. The fourth-order valence-electron chi connectivity index (χ4n) is 2.32. The van der Waals surface area contributed by atoms with Crippen molar-refractivity contribution >= 4 is 0 Å². The normalized spacial score (nSPS) is 10.7. The second kappa shape index (κ2) is 7.49. The molecule has 0 amide bonds. The molecule has 0 aliphatic heterocycles. The highest BCUT2D eigenvalue weighted by molar-refractivity contribution is 5.35. The van der Waals surface area contributed by atoms with Gasteiger partial charge in [0.15, 0.2) is 0 Å². The van der Waals surface area contributed by atoms with Crippen molar-refractivity contribution in [1.29, 1.82) is 0 Å². The number of aryl methyl sites for hydroxylation is 2. The summed E-state index contributed by atoms with van der Waals surface area (Å²) in [5.74, 6) is 0. The van der Waals surface area contributed by atoms with Crippen LogP contribution in [0.2, 0.25) is 0 Å². The standard InChI is InChI=1S/C16H25/c1-4-7-13-16-14(9-5-2)11-8-12-15(16)10-6-3/h8,11-12H,1,4-7,9-10,13H2,2-3H3. The first-order chi connectivity index (χ1) is 7.83. The molecule has 1 radical (unpaired) electrons. The first kappa shape index (κ1) is 13.3. The predicted octanol–water partition coefficient (Wildman–Crippen LogP) is 4.75. The lowest BCUT2D eigenvalue weighted by Gasteiger charge is -2.14. The topological polar surface area (TPSA) is 0 Å². The lowest BCUT2D eigenvalue weighted by Crippen LogP contribution is -2.00. The molecule has 0 nitrogen and oxygen atoms in total. The van der Waals surface area contributed by atoms with Crippen molar-refractivity contribution in [3.05, 3.63) is 41.8 Å². The molecule has 0 aliphatic rings. The van der Waals surface area contributed by atoms with Crippen LogP contribution in [0.25, 0.3) is 0 Å². The summed E-state index contributed by atoms with van der Waals surface area (Å²) in [6.45, 7) is 8.48. The smallest absolute Gasteiger partial charge is 0.0273 e. The van der Waals surface area contributed by atoms with Crippen LogP contribution in [0.1, 0.15) is 56.2 Å². The van der Waals surface area contributed by atoms with Gasteiger partial charge in [-0.15, -0.1) is 0 Å². The zero-order chi connectivity index (χ0) is 11.8. The van der Waals surface area contributed by atoms with Gasteiger partial charge in [0.25, 0.3) is 0 Å². The molecule has 0 saturated carbocycles. The van der Waals surface area contributed by atoms with E-state index in [-0.39, 0.29) is 0 Å². The van der Waals surface area contributed by atoms with E-state index in [1.807, 2.05) is 0 Å². The maximum atomic E-state index is 3.95. The Morgan fingerprint density at radius 1 is 0.938 bits per heavy atom. The van der Waals surface area contributed by atoms with Gasteiger partial charge in [-0.1, -0.05) is 58.2 Å². The van der Waals surface area contributed by atoms with Gasteiger partial charge in [-0.05, 0) is 42.4 Å². The van der Waals surface area contributed by atoms with Crippen molar-refractivity contribution in [2.45, 2.75) is 58.8 Å².